The second kappa shape index (κ2) is 8.57. The van der Waals surface area contributed by atoms with Gasteiger partial charge in [0, 0.05) is 28.3 Å². The molecule has 6 heteroatoms. The number of para-hydroxylation sites is 1. The average Bonchev–Trinajstić information content (AvgIpc) is 2.63. The molecule has 0 bridgehead atoms. The summed E-state index contributed by atoms with van der Waals surface area (Å²) in [4.78, 5) is 27.1. The van der Waals surface area contributed by atoms with Crippen molar-refractivity contribution in [2.24, 2.45) is 0 Å². The average molecular weight is 430 g/mol. The highest BCUT2D eigenvalue weighted by molar-refractivity contribution is 9.10. The molecule has 3 rings (SSSR count). The highest BCUT2D eigenvalue weighted by Crippen LogP contribution is 2.30. The van der Waals surface area contributed by atoms with Gasteiger partial charge in [-0.1, -0.05) is 18.2 Å². The van der Waals surface area contributed by atoms with Gasteiger partial charge in [0.2, 0.25) is 5.91 Å². The molecule has 27 heavy (non-hydrogen) atoms. The third-order valence-corrected chi connectivity index (χ3v) is 5.19. The summed E-state index contributed by atoms with van der Waals surface area (Å²) in [6.07, 6.45) is 1.76. The van der Waals surface area contributed by atoms with E-state index in [1.807, 2.05) is 56.3 Å². The second-order valence-electron chi connectivity index (χ2n) is 6.98. The van der Waals surface area contributed by atoms with E-state index in [2.05, 4.69) is 31.5 Å². The van der Waals surface area contributed by atoms with Gasteiger partial charge in [-0.25, -0.2) is 0 Å². The summed E-state index contributed by atoms with van der Waals surface area (Å²) in [5, 5.41) is 5.91. The van der Waals surface area contributed by atoms with E-state index >= 15 is 0 Å². The summed E-state index contributed by atoms with van der Waals surface area (Å²) in [7, 11) is 0. The summed E-state index contributed by atoms with van der Waals surface area (Å²) in [5.74, 6) is -0.131. The first-order valence-electron chi connectivity index (χ1n) is 9.18. The lowest BCUT2D eigenvalue weighted by molar-refractivity contribution is -0.115. The number of anilines is 2. The first-order chi connectivity index (χ1) is 13.0. The van der Waals surface area contributed by atoms with Crippen molar-refractivity contribution < 1.29 is 9.59 Å². The number of hydrogen-bond acceptors (Lipinski definition) is 3. The number of amides is 2. The Labute approximate surface area is 168 Å². The fourth-order valence-corrected chi connectivity index (χ4v) is 3.73. The van der Waals surface area contributed by atoms with Crippen LogP contribution in [0.3, 0.4) is 0 Å². The Morgan fingerprint density at radius 3 is 2.67 bits per heavy atom. The van der Waals surface area contributed by atoms with Gasteiger partial charge >= 0.3 is 0 Å². The molecule has 5 nitrogen and oxygen atoms in total. The molecule has 0 aliphatic carbocycles. The van der Waals surface area contributed by atoms with Gasteiger partial charge in [-0.05, 0) is 72.4 Å². The Balaban J connectivity index is 1.77. The van der Waals surface area contributed by atoms with Crippen molar-refractivity contribution >= 4 is 39.1 Å². The van der Waals surface area contributed by atoms with E-state index in [0.717, 1.165) is 40.8 Å². The van der Waals surface area contributed by atoms with Gasteiger partial charge in [0.05, 0.1) is 12.2 Å². The lowest BCUT2D eigenvalue weighted by atomic mass is 9.95. The van der Waals surface area contributed by atoms with E-state index < -0.39 is 0 Å². The van der Waals surface area contributed by atoms with Crippen molar-refractivity contribution in [1.82, 2.24) is 5.32 Å². The van der Waals surface area contributed by atoms with Crippen LogP contribution in [0.1, 0.15) is 36.2 Å². The number of fused-ring (bicyclic) bond motifs is 1. The number of benzene rings is 2. The normalized spacial score (nSPS) is 13.3. The van der Waals surface area contributed by atoms with Crippen LogP contribution in [-0.2, 0) is 11.2 Å². The summed E-state index contributed by atoms with van der Waals surface area (Å²) >= 11 is 3.45. The zero-order valence-corrected chi connectivity index (χ0v) is 17.2. The third kappa shape index (κ3) is 4.69. The fourth-order valence-electron chi connectivity index (χ4n) is 3.34. The summed E-state index contributed by atoms with van der Waals surface area (Å²) < 4.78 is 0.852. The molecule has 1 heterocycles. The predicted octanol–water partition coefficient (Wildman–Crippen LogP) is 3.98. The molecule has 0 fully saturated rings. The van der Waals surface area contributed by atoms with E-state index in [4.69, 9.17) is 0 Å². The number of hydrogen-bond donors (Lipinski definition) is 2. The quantitative estimate of drug-likeness (QED) is 0.755. The van der Waals surface area contributed by atoms with Crippen LogP contribution in [-0.4, -0.2) is 30.9 Å². The lowest BCUT2D eigenvalue weighted by Gasteiger charge is -2.32. The van der Waals surface area contributed by atoms with Crippen LogP contribution in [0.5, 0.6) is 0 Å². The molecular formula is C21H24BrN3O2. The molecule has 2 aromatic carbocycles. The topological polar surface area (TPSA) is 61.4 Å². The molecule has 0 radical (unpaired) electrons. The first-order valence-corrected chi connectivity index (χ1v) is 9.97. The molecule has 1 aliphatic rings. The monoisotopic (exact) mass is 429 g/mol. The SMILES string of the molecule is CC(C)NC(=O)c1cccc2c1CCCN2CC(=O)Nc1ccccc1Br. The van der Waals surface area contributed by atoms with E-state index in [1.165, 1.54) is 0 Å². The van der Waals surface area contributed by atoms with Crippen molar-refractivity contribution in [3.63, 3.8) is 0 Å². The van der Waals surface area contributed by atoms with E-state index in [9.17, 15) is 9.59 Å². The van der Waals surface area contributed by atoms with Crippen molar-refractivity contribution in [3.8, 4) is 0 Å². The van der Waals surface area contributed by atoms with Gasteiger partial charge in [-0.2, -0.15) is 0 Å². The zero-order chi connectivity index (χ0) is 19.4. The highest BCUT2D eigenvalue weighted by atomic mass is 79.9. The van der Waals surface area contributed by atoms with Gasteiger partial charge in [-0.3, -0.25) is 9.59 Å². The van der Waals surface area contributed by atoms with Gasteiger partial charge in [-0.15, -0.1) is 0 Å². The number of rotatable bonds is 5. The molecule has 0 saturated carbocycles. The minimum absolute atomic E-state index is 0.0543. The van der Waals surface area contributed by atoms with Gasteiger partial charge in [0.25, 0.3) is 5.91 Å². The minimum atomic E-state index is -0.0771. The van der Waals surface area contributed by atoms with Crippen LogP contribution in [0.15, 0.2) is 46.9 Å². The number of halogens is 1. The van der Waals surface area contributed by atoms with E-state index in [-0.39, 0.29) is 24.4 Å². The Morgan fingerprint density at radius 1 is 1.15 bits per heavy atom. The van der Waals surface area contributed by atoms with Gasteiger partial charge in [0.1, 0.15) is 0 Å². The number of nitrogens with zero attached hydrogens (tertiary/aromatic N) is 1. The zero-order valence-electron chi connectivity index (χ0n) is 15.6. The van der Waals surface area contributed by atoms with Crippen molar-refractivity contribution in [3.05, 3.63) is 58.1 Å². The molecule has 2 amide bonds. The number of carbonyl (C=O) groups is 2. The smallest absolute Gasteiger partial charge is 0.251 e. The molecule has 142 valence electrons. The van der Waals surface area contributed by atoms with Crippen LogP contribution in [0.4, 0.5) is 11.4 Å². The van der Waals surface area contributed by atoms with Gasteiger partial charge in [0.15, 0.2) is 0 Å². The van der Waals surface area contributed by atoms with Crippen LogP contribution in [0, 0.1) is 0 Å². The fraction of sp³-hybridized carbons (Fsp3) is 0.333. The maximum Gasteiger partial charge on any atom is 0.251 e. The minimum Gasteiger partial charge on any atom is -0.362 e. The predicted molar refractivity (Wildman–Crippen MR) is 112 cm³/mol. The standard InChI is InChI=1S/C21H24BrN3O2/c1-14(2)23-21(27)16-7-5-11-19-15(16)8-6-12-25(19)13-20(26)24-18-10-4-3-9-17(18)22/h3-5,7,9-11,14H,6,8,12-13H2,1-2H3,(H,23,27)(H,24,26). The van der Waals surface area contributed by atoms with Crippen molar-refractivity contribution in [2.75, 3.05) is 23.3 Å². The van der Waals surface area contributed by atoms with Crippen molar-refractivity contribution in [2.45, 2.75) is 32.7 Å². The largest absolute Gasteiger partial charge is 0.362 e. The Morgan fingerprint density at radius 2 is 1.93 bits per heavy atom. The van der Waals surface area contributed by atoms with Crippen LogP contribution < -0.4 is 15.5 Å². The molecule has 2 aromatic rings. The van der Waals surface area contributed by atoms with E-state index in [0.29, 0.717) is 5.56 Å². The molecule has 1 aliphatic heterocycles. The Bertz CT molecular complexity index is 851. The van der Waals surface area contributed by atoms with Gasteiger partial charge < -0.3 is 15.5 Å². The van der Waals surface area contributed by atoms with Crippen LogP contribution in [0.2, 0.25) is 0 Å². The molecule has 2 N–H and O–H groups in total. The molecular weight excluding hydrogens is 406 g/mol. The first kappa shape index (κ1) is 19.4. The molecule has 0 spiro atoms. The molecule has 0 atom stereocenters. The summed E-state index contributed by atoms with van der Waals surface area (Å²) in [6.45, 7) is 4.95. The van der Waals surface area contributed by atoms with Crippen LogP contribution in [0.25, 0.3) is 0 Å². The second-order valence-corrected chi connectivity index (χ2v) is 7.84. The lowest BCUT2D eigenvalue weighted by Crippen LogP contribution is -2.38. The summed E-state index contributed by atoms with van der Waals surface area (Å²) in [5.41, 5.74) is 3.46. The maximum absolute atomic E-state index is 12.6. The molecule has 0 unspecified atom stereocenters. The molecule has 0 aromatic heterocycles. The van der Waals surface area contributed by atoms with Crippen LogP contribution >= 0.6 is 15.9 Å². The Kier molecular flexibility index (Phi) is 6.16. The number of nitrogens with one attached hydrogen (secondary N) is 2. The van der Waals surface area contributed by atoms with E-state index in [1.54, 1.807) is 0 Å². The maximum atomic E-state index is 12.6. The third-order valence-electron chi connectivity index (χ3n) is 4.49. The van der Waals surface area contributed by atoms with Crippen molar-refractivity contribution in [1.29, 1.82) is 0 Å². The highest BCUT2D eigenvalue weighted by Gasteiger charge is 2.24. The molecule has 0 saturated heterocycles. The Hall–Kier alpha value is -2.34. The summed E-state index contributed by atoms with van der Waals surface area (Å²) in [6, 6.07) is 13.4. The number of carbonyl (C=O) groups excluding carboxylic acids is 2.